The molecule has 0 radical (unpaired) electrons. The molecule has 0 aliphatic carbocycles. The van der Waals surface area contributed by atoms with Crippen LogP contribution in [0.1, 0.15) is 70.9 Å². The van der Waals surface area contributed by atoms with Crippen LogP contribution in [0.3, 0.4) is 0 Å². The third kappa shape index (κ3) is 4.18. The molecule has 0 heteroatoms. The molecule has 0 spiro atoms. The first-order chi connectivity index (χ1) is 7.91. The maximum atomic E-state index is 2.34. The summed E-state index contributed by atoms with van der Waals surface area (Å²) in [5, 5.41) is 0. The van der Waals surface area contributed by atoms with Gasteiger partial charge in [0.2, 0.25) is 0 Å². The van der Waals surface area contributed by atoms with Gasteiger partial charge in [0.05, 0.1) is 0 Å². The summed E-state index contributed by atoms with van der Waals surface area (Å²) in [4.78, 5) is 0. The van der Waals surface area contributed by atoms with E-state index in [0.717, 1.165) is 11.8 Å². The Morgan fingerprint density at radius 3 is 1.59 bits per heavy atom. The molecule has 1 atom stereocenters. The minimum atomic E-state index is 0.631. The highest BCUT2D eigenvalue weighted by Gasteiger charge is 2.17. The van der Waals surface area contributed by atoms with Crippen LogP contribution in [0.25, 0.3) is 0 Å². The van der Waals surface area contributed by atoms with Crippen molar-refractivity contribution < 1.29 is 0 Å². The van der Waals surface area contributed by atoms with Crippen LogP contribution in [-0.2, 0) is 0 Å². The summed E-state index contributed by atoms with van der Waals surface area (Å²) < 4.78 is 0. The fraction of sp³-hybridized carbons (Fsp3) is 0.647. The van der Waals surface area contributed by atoms with E-state index in [4.69, 9.17) is 0 Å². The summed E-state index contributed by atoms with van der Waals surface area (Å²) in [6.45, 7) is 13.8. The Bertz CT molecular complexity index is 316. The molecule has 0 aliphatic rings. The van der Waals surface area contributed by atoms with Gasteiger partial charge in [0.25, 0.3) is 0 Å². The van der Waals surface area contributed by atoms with Gasteiger partial charge in [-0.2, -0.15) is 0 Å². The molecular formula is C17H28. The van der Waals surface area contributed by atoms with Gasteiger partial charge in [-0.25, -0.2) is 0 Å². The van der Waals surface area contributed by atoms with E-state index in [1.165, 1.54) is 17.5 Å². The summed E-state index contributed by atoms with van der Waals surface area (Å²) in [7, 11) is 0. The highest BCUT2D eigenvalue weighted by atomic mass is 14.2. The number of benzene rings is 1. The van der Waals surface area contributed by atoms with Crippen molar-refractivity contribution in [2.75, 3.05) is 0 Å². The van der Waals surface area contributed by atoms with E-state index >= 15 is 0 Å². The zero-order valence-electron chi connectivity index (χ0n) is 12.3. The third-order valence-electron chi connectivity index (χ3n) is 3.56. The van der Waals surface area contributed by atoms with Crippen LogP contribution in [0, 0.1) is 11.8 Å². The largest absolute Gasteiger partial charge is 0.0628 e. The van der Waals surface area contributed by atoms with Crippen LogP contribution in [0.2, 0.25) is 0 Å². The van der Waals surface area contributed by atoms with Gasteiger partial charge in [-0.05, 0) is 41.2 Å². The predicted molar refractivity (Wildman–Crippen MR) is 77.6 cm³/mol. The fourth-order valence-electron chi connectivity index (χ4n) is 2.43. The molecule has 96 valence electrons. The molecule has 0 aliphatic heterocycles. The second-order valence-electron chi connectivity index (χ2n) is 6.30. The smallest absolute Gasteiger partial charge is 0.0136 e. The van der Waals surface area contributed by atoms with Gasteiger partial charge in [-0.3, -0.25) is 0 Å². The van der Waals surface area contributed by atoms with Gasteiger partial charge in [0.1, 0.15) is 0 Å². The zero-order valence-corrected chi connectivity index (χ0v) is 12.3. The summed E-state index contributed by atoms with van der Waals surface area (Å²) >= 11 is 0. The van der Waals surface area contributed by atoms with Gasteiger partial charge < -0.3 is 0 Å². The lowest BCUT2D eigenvalue weighted by atomic mass is 9.82. The molecule has 17 heavy (non-hydrogen) atoms. The molecule has 1 aromatic rings. The van der Waals surface area contributed by atoms with Crippen LogP contribution in [0.5, 0.6) is 0 Å². The van der Waals surface area contributed by atoms with Gasteiger partial charge in [0.15, 0.2) is 0 Å². The number of hydrogen-bond acceptors (Lipinski definition) is 0. The monoisotopic (exact) mass is 232 g/mol. The van der Waals surface area contributed by atoms with Crippen molar-refractivity contribution in [1.29, 1.82) is 0 Å². The van der Waals surface area contributed by atoms with Gasteiger partial charge >= 0.3 is 0 Å². The Hall–Kier alpha value is -0.780. The molecule has 0 saturated heterocycles. The van der Waals surface area contributed by atoms with Crippen LogP contribution >= 0.6 is 0 Å². The summed E-state index contributed by atoms with van der Waals surface area (Å²) in [6.07, 6.45) is 1.29. The van der Waals surface area contributed by atoms with Gasteiger partial charge in [-0.15, -0.1) is 0 Å². The molecule has 1 unspecified atom stereocenters. The van der Waals surface area contributed by atoms with Crippen LogP contribution in [-0.4, -0.2) is 0 Å². The highest BCUT2D eigenvalue weighted by Crippen LogP contribution is 2.31. The minimum absolute atomic E-state index is 0.631. The fourth-order valence-corrected chi connectivity index (χ4v) is 2.43. The van der Waals surface area contributed by atoms with E-state index in [2.05, 4.69) is 65.8 Å². The second kappa shape index (κ2) is 6.23. The molecule has 0 nitrogen and oxygen atoms in total. The average Bonchev–Trinajstić information content (AvgIpc) is 2.25. The number of hydrogen-bond donors (Lipinski definition) is 0. The third-order valence-corrected chi connectivity index (χ3v) is 3.56. The second-order valence-corrected chi connectivity index (χ2v) is 6.30. The first-order valence-corrected chi connectivity index (χ1v) is 7.01. The minimum Gasteiger partial charge on any atom is -0.0628 e. The van der Waals surface area contributed by atoms with E-state index in [1.807, 2.05) is 0 Å². The molecule has 0 saturated carbocycles. The molecule has 0 fully saturated rings. The lowest BCUT2D eigenvalue weighted by molar-refractivity contribution is 0.408. The van der Waals surface area contributed by atoms with Crippen LogP contribution in [0.4, 0.5) is 0 Å². The Balaban J connectivity index is 2.87. The van der Waals surface area contributed by atoms with Crippen molar-refractivity contribution in [1.82, 2.24) is 0 Å². The summed E-state index contributed by atoms with van der Waals surface area (Å²) in [5.41, 5.74) is 2.96. The molecule has 0 amide bonds. The Morgan fingerprint density at radius 1 is 0.765 bits per heavy atom. The summed E-state index contributed by atoms with van der Waals surface area (Å²) in [5.74, 6) is 2.83. The van der Waals surface area contributed by atoms with Crippen molar-refractivity contribution in [3.8, 4) is 0 Å². The first-order valence-electron chi connectivity index (χ1n) is 7.01. The average molecular weight is 232 g/mol. The first kappa shape index (κ1) is 14.3. The maximum Gasteiger partial charge on any atom is -0.0136 e. The standard InChI is InChI=1S/C17H28/c1-12(2)11-17(14(5)6)16-9-7-15(8-10-16)13(3)4/h7-10,12-14,17H,11H2,1-6H3. The van der Waals surface area contributed by atoms with Crippen LogP contribution < -0.4 is 0 Å². The highest BCUT2D eigenvalue weighted by molar-refractivity contribution is 5.27. The normalized spacial score (nSPS) is 13.7. The molecule has 0 bridgehead atoms. The van der Waals surface area contributed by atoms with E-state index in [1.54, 1.807) is 0 Å². The molecule has 0 N–H and O–H groups in total. The molecule has 0 aromatic heterocycles. The molecule has 1 aromatic carbocycles. The van der Waals surface area contributed by atoms with Crippen LogP contribution in [0.15, 0.2) is 24.3 Å². The maximum absolute atomic E-state index is 2.34. The topological polar surface area (TPSA) is 0 Å². The van der Waals surface area contributed by atoms with Gasteiger partial charge in [0, 0.05) is 0 Å². The predicted octanol–water partition coefficient (Wildman–Crippen LogP) is 5.60. The molecule has 0 heterocycles. The quantitative estimate of drug-likeness (QED) is 0.620. The van der Waals surface area contributed by atoms with Gasteiger partial charge in [-0.1, -0.05) is 65.8 Å². The molecule has 1 rings (SSSR count). The SMILES string of the molecule is CC(C)CC(c1ccc(C(C)C)cc1)C(C)C. The summed E-state index contributed by atoms with van der Waals surface area (Å²) in [6, 6.07) is 9.27. The Labute approximate surface area is 107 Å². The van der Waals surface area contributed by atoms with E-state index in [-0.39, 0.29) is 0 Å². The van der Waals surface area contributed by atoms with E-state index in [0.29, 0.717) is 11.8 Å². The number of rotatable bonds is 5. The van der Waals surface area contributed by atoms with Crippen molar-refractivity contribution >= 4 is 0 Å². The lowest BCUT2D eigenvalue weighted by Crippen LogP contribution is -2.10. The van der Waals surface area contributed by atoms with Crippen molar-refractivity contribution in [3.05, 3.63) is 35.4 Å². The van der Waals surface area contributed by atoms with Crippen molar-refractivity contribution in [3.63, 3.8) is 0 Å². The van der Waals surface area contributed by atoms with Crippen molar-refractivity contribution in [2.24, 2.45) is 11.8 Å². The zero-order chi connectivity index (χ0) is 13.0. The van der Waals surface area contributed by atoms with E-state index < -0.39 is 0 Å². The Morgan fingerprint density at radius 2 is 1.24 bits per heavy atom. The lowest BCUT2D eigenvalue weighted by Gasteiger charge is -2.23. The molecular weight excluding hydrogens is 204 g/mol. The Kier molecular flexibility index (Phi) is 5.24. The van der Waals surface area contributed by atoms with Crippen molar-refractivity contribution in [2.45, 2.75) is 59.8 Å². The van der Waals surface area contributed by atoms with E-state index in [9.17, 15) is 0 Å².